The Labute approximate surface area is 105 Å². The first-order valence-corrected chi connectivity index (χ1v) is 6.03. The van der Waals surface area contributed by atoms with Gasteiger partial charge in [-0.25, -0.2) is 0 Å². The standard InChI is InChI=1S/C14H16F3N/c1-10-3-2-4-12-7-11(5-6-13(10)12)8-18-9-14(15,16)17/h5-7,18H,1-4,8-9H2. The predicted molar refractivity (Wildman–Crippen MR) is 66.2 cm³/mol. The molecular weight excluding hydrogens is 239 g/mol. The van der Waals surface area contributed by atoms with Crippen LogP contribution in [0.15, 0.2) is 24.8 Å². The second-order valence-corrected chi connectivity index (χ2v) is 4.67. The third-order valence-corrected chi connectivity index (χ3v) is 3.13. The van der Waals surface area contributed by atoms with Gasteiger partial charge in [0.25, 0.3) is 0 Å². The minimum atomic E-state index is -4.15. The summed E-state index contributed by atoms with van der Waals surface area (Å²) in [5.41, 5.74) is 4.40. The summed E-state index contributed by atoms with van der Waals surface area (Å²) in [5, 5.41) is 2.41. The number of benzene rings is 1. The molecule has 4 heteroatoms. The summed E-state index contributed by atoms with van der Waals surface area (Å²) in [6, 6.07) is 5.84. The number of fused-ring (bicyclic) bond motifs is 1. The van der Waals surface area contributed by atoms with Gasteiger partial charge in [0.15, 0.2) is 0 Å². The first-order valence-electron chi connectivity index (χ1n) is 6.03. The van der Waals surface area contributed by atoms with Gasteiger partial charge >= 0.3 is 6.18 Å². The van der Waals surface area contributed by atoms with Gasteiger partial charge in [0.2, 0.25) is 0 Å². The van der Waals surface area contributed by atoms with E-state index < -0.39 is 12.7 Å². The summed E-state index contributed by atoms with van der Waals surface area (Å²) >= 11 is 0. The first kappa shape index (κ1) is 13.1. The van der Waals surface area contributed by atoms with Crippen molar-refractivity contribution in [1.29, 1.82) is 0 Å². The minimum absolute atomic E-state index is 0.249. The van der Waals surface area contributed by atoms with Gasteiger partial charge in [0, 0.05) is 6.54 Å². The van der Waals surface area contributed by atoms with E-state index in [2.05, 4.69) is 11.9 Å². The molecule has 0 saturated carbocycles. The van der Waals surface area contributed by atoms with Crippen molar-refractivity contribution in [3.63, 3.8) is 0 Å². The molecule has 0 radical (unpaired) electrons. The largest absolute Gasteiger partial charge is 0.401 e. The third-order valence-electron chi connectivity index (χ3n) is 3.13. The van der Waals surface area contributed by atoms with Crippen molar-refractivity contribution in [2.24, 2.45) is 0 Å². The van der Waals surface area contributed by atoms with E-state index in [1.165, 1.54) is 11.1 Å². The molecule has 1 aliphatic rings. The lowest BCUT2D eigenvalue weighted by Crippen LogP contribution is -2.28. The maximum atomic E-state index is 12.0. The molecule has 0 saturated heterocycles. The van der Waals surface area contributed by atoms with Crippen molar-refractivity contribution in [3.05, 3.63) is 41.5 Å². The van der Waals surface area contributed by atoms with Gasteiger partial charge in [-0.3, -0.25) is 0 Å². The predicted octanol–water partition coefficient (Wildman–Crippen LogP) is 3.69. The van der Waals surface area contributed by atoms with E-state index in [0.29, 0.717) is 0 Å². The quantitative estimate of drug-likeness (QED) is 0.868. The van der Waals surface area contributed by atoms with Crippen molar-refractivity contribution in [2.75, 3.05) is 6.54 Å². The lowest BCUT2D eigenvalue weighted by atomic mass is 9.87. The summed E-state index contributed by atoms with van der Waals surface area (Å²) in [6.07, 6.45) is -1.08. The lowest BCUT2D eigenvalue weighted by molar-refractivity contribution is -0.125. The van der Waals surface area contributed by atoms with Crippen LogP contribution < -0.4 is 5.32 Å². The normalized spacial score (nSPS) is 15.6. The molecule has 0 fully saturated rings. The van der Waals surface area contributed by atoms with E-state index in [1.807, 2.05) is 18.2 Å². The fourth-order valence-electron chi connectivity index (χ4n) is 2.28. The van der Waals surface area contributed by atoms with E-state index in [9.17, 15) is 13.2 Å². The molecule has 1 N–H and O–H groups in total. The van der Waals surface area contributed by atoms with Gasteiger partial charge < -0.3 is 5.32 Å². The summed E-state index contributed by atoms with van der Waals surface area (Å²) < 4.78 is 36.0. The highest BCUT2D eigenvalue weighted by Gasteiger charge is 2.26. The number of alkyl halides is 3. The number of aryl methyl sites for hydroxylation is 1. The molecule has 0 spiro atoms. The van der Waals surface area contributed by atoms with Crippen molar-refractivity contribution in [2.45, 2.75) is 32.0 Å². The van der Waals surface area contributed by atoms with Gasteiger partial charge in [0.05, 0.1) is 6.54 Å². The first-order chi connectivity index (χ1) is 8.46. The Balaban J connectivity index is 2.01. The highest BCUT2D eigenvalue weighted by Crippen LogP contribution is 2.29. The van der Waals surface area contributed by atoms with Crippen LogP contribution in [0.1, 0.15) is 29.5 Å². The second-order valence-electron chi connectivity index (χ2n) is 4.67. The van der Waals surface area contributed by atoms with Crippen molar-refractivity contribution in [3.8, 4) is 0 Å². The molecule has 1 aromatic rings. The maximum absolute atomic E-state index is 12.0. The van der Waals surface area contributed by atoms with Crippen LogP contribution in [0, 0.1) is 0 Å². The van der Waals surface area contributed by atoms with Crippen LogP contribution in [0.5, 0.6) is 0 Å². The smallest absolute Gasteiger partial charge is 0.305 e. The Morgan fingerprint density at radius 1 is 1.22 bits per heavy atom. The Morgan fingerprint density at radius 2 is 2.00 bits per heavy atom. The number of halogens is 3. The maximum Gasteiger partial charge on any atom is 0.401 e. The van der Waals surface area contributed by atoms with Gasteiger partial charge in [-0.1, -0.05) is 24.8 Å². The van der Waals surface area contributed by atoms with Gasteiger partial charge in [-0.2, -0.15) is 13.2 Å². The Morgan fingerprint density at radius 3 is 2.72 bits per heavy atom. The van der Waals surface area contributed by atoms with Gasteiger partial charge in [-0.05, 0) is 41.5 Å². The van der Waals surface area contributed by atoms with E-state index in [4.69, 9.17) is 0 Å². The summed E-state index contributed by atoms with van der Waals surface area (Å²) in [6.45, 7) is 3.32. The molecule has 0 amide bonds. The van der Waals surface area contributed by atoms with Crippen LogP contribution in [-0.4, -0.2) is 12.7 Å². The number of allylic oxidation sites excluding steroid dienone is 1. The molecule has 0 aromatic heterocycles. The number of rotatable bonds is 3. The van der Waals surface area contributed by atoms with Crippen molar-refractivity contribution >= 4 is 5.57 Å². The number of nitrogens with one attached hydrogen (secondary N) is 1. The van der Waals surface area contributed by atoms with E-state index >= 15 is 0 Å². The van der Waals surface area contributed by atoms with Crippen LogP contribution in [0.2, 0.25) is 0 Å². The third kappa shape index (κ3) is 3.35. The van der Waals surface area contributed by atoms with Gasteiger partial charge in [0.1, 0.15) is 0 Å². The topological polar surface area (TPSA) is 12.0 Å². The Kier molecular flexibility index (Phi) is 3.76. The summed E-state index contributed by atoms with van der Waals surface area (Å²) in [4.78, 5) is 0. The van der Waals surface area contributed by atoms with Crippen LogP contribution in [-0.2, 0) is 13.0 Å². The lowest BCUT2D eigenvalue weighted by Gasteiger charge is -2.19. The number of hydrogen-bond donors (Lipinski definition) is 1. The molecule has 98 valence electrons. The van der Waals surface area contributed by atoms with Crippen LogP contribution in [0.4, 0.5) is 13.2 Å². The molecule has 0 heterocycles. The highest BCUT2D eigenvalue weighted by atomic mass is 19.4. The molecule has 0 atom stereocenters. The Bertz CT molecular complexity index is 449. The fourth-order valence-corrected chi connectivity index (χ4v) is 2.28. The van der Waals surface area contributed by atoms with Gasteiger partial charge in [-0.15, -0.1) is 0 Å². The van der Waals surface area contributed by atoms with Crippen LogP contribution in [0.25, 0.3) is 5.57 Å². The van der Waals surface area contributed by atoms with Crippen molar-refractivity contribution in [1.82, 2.24) is 5.32 Å². The Hall–Kier alpha value is -1.29. The molecule has 0 aliphatic heterocycles. The average molecular weight is 255 g/mol. The monoisotopic (exact) mass is 255 g/mol. The summed E-state index contributed by atoms with van der Waals surface area (Å²) in [7, 11) is 0. The minimum Gasteiger partial charge on any atom is -0.305 e. The second kappa shape index (κ2) is 5.14. The van der Waals surface area contributed by atoms with E-state index in [1.54, 1.807) is 0 Å². The molecule has 2 rings (SSSR count). The highest BCUT2D eigenvalue weighted by molar-refractivity contribution is 5.68. The molecule has 1 nitrogen and oxygen atoms in total. The zero-order valence-corrected chi connectivity index (χ0v) is 10.1. The van der Waals surface area contributed by atoms with E-state index in [-0.39, 0.29) is 6.54 Å². The van der Waals surface area contributed by atoms with E-state index in [0.717, 1.165) is 30.4 Å². The molecule has 0 bridgehead atoms. The van der Waals surface area contributed by atoms with Crippen LogP contribution in [0.3, 0.4) is 0 Å². The molecule has 0 unspecified atom stereocenters. The van der Waals surface area contributed by atoms with Crippen LogP contribution >= 0.6 is 0 Å². The number of hydrogen-bond acceptors (Lipinski definition) is 1. The zero-order chi connectivity index (χ0) is 13.2. The molecule has 1 aliphatic carbocycles. The SMILES string of the molecule is C=C1CCCc2cc(CNCC(F)(F)F)ccc21. The molecule has 1 aromatic carbocycles. The molecular formula is C14H16F3N. The molecule has 18 heavy (non-hydrogen) atoms. The average Bonchev–Trinajstić information content (AvgIpc) is 2.27. The fraction of sp³-hybridized carbons (Fsp3) is 0.429. The summed E-state index contributed by atoms with van der Waals surface area (Å²) in [5.74, 6) is 0. The van der Waals surface area contributed by atoms with Crippen molar-refractivity contribution < 1.29 is 13.2 Å². The zero-order valence-electron chi connectivity index (χ0n) is 10.1.